The molecule has 1 aliphatic rings. The van der Waals surface area contributed by atoms with Crippen molar-refractivity contribution in [3.05, 3.63) is 42.5 Å². The number of hydrogen-bond donors (Lipinski definition) is 0. The van der Waals surface area contributed by atoms with Crippen LogP contribution in [0.5, 0.6) is 0 Å². The standard InChI is InChI=1S/C19H24N2O3S/c1-20(15-19(22)21-12-6-2-3-7-13-21)25(23,24)18-11-10-16-8-4-5-9-17(16)14-18/h4-5,8-11,14H,2-3,6-7,12-13,15H2,1H3. The summed E-state index contributed by atoms with van der Waals surface area (Å²) in [5.74, 6) is -0.117. The highest BCUT2D eigenvalue weighted by molar-refractivity contribution is 7.89. The maximum atomic E-state index is 12.8. The topological polar surface area (TPSA) is 57.7 Å². The lowest BCUT2D eigenvalue weighted by atomic mass is 10.1. The third-order valence-electron chi connectivity index (χ3n) is 4.75. The van der Waals surface area contributed by atoms with Crippen molar-refractivity contribution >= 4 is 26.7 Å². The van der Waals surface area contributed by atoms with Gasteiger partial charge in [0.1, 0.15) is 0 Å². The largest absolute Gasteiger partial charge is 0.342 e. The fourth-order valence-corrected chi connectivity index (χ4v) is 4.36. The van der Waals surface area contributed by atoms with Gasteiger partial charge in [-0.2, -0.15) is 4.31 Å². The maximum absolute atomic E-state index is 12.8. The van der Waals surface area contributed by atoms with Crippen LogP contribution in [0.4, 0.5) is 0 Å². The molecule has 6 heteroatoms. The van der Waals surface area contributed by atoms with Crippen LogP contribution in [-0.4, -0.2) is 50.2 Å². The second-order valence-corrected chi connectivity index (χ2v) is 8.61. The summed E-state index contributed by atoms with van der Waals surface area (Å²) >= 11 is 0. The van der Waals surface area contributed by atoms with Crippen LogP contribution in [0, 0.1) is 0 Å². The Kier molecular flexibility index (Phi) is 5.39. The monoisotopic (exact) mass is 360 g/mol. The Morgan fingerprint density at radius 2 is 1.64 bits per heavy atom. The summed E-state index contributed by atoms with van der Waals surface area (Å²) in [4.78, 5) is 14.5. The van der Waals surface area contributed by atoms with Crippen LogP contribution in [0.3, 0.4) is 0 Å². The van der Waals surface area contributed by atoms with E-state index in [1.165, 1.54) is 7.05 Å². The number of nitrogens with zero attached hydrogens (tertiary/aromatic N) is 2. The minimum absolute atomic E-state index is 0.116. The van der Waals surface area contributed by atoms with Crippen molar-refractivity contribution in [3.8, 4) is 0 Å². The first-order valence-corrected chi connectivity index (χ1v) is 10.2. The lowest BCUT2D eigenvalue weighted by Gasteiger charge is -2.24. The Balaban J connectivity index is 1.76. The molecule has 0 aromatic heterocycles. The second-order valence-electron chi connectivity index (χ2n) is 6.57. The maximum Gasteiger partial charge on any atom is 0.243 e. The lowest BCUT2D eigenvalue weighted by molar-refractivity contribution is -0.131. The van der Waals surface area contributed by atoms with Crippen LogP contribution >= 0.6 is 0 Å². The minimum Gasteiger partial charge on any atom is -0.342 e. The fourth-order valence-electron chi connectivity index (χ4n) is 3.20. The van der Waals surface area contributed by atoms with Crippen molar-refractivity contribution in [2.75, 3.05) is 26.7 Å². The van der Waals surface area contributed by atoms with Crippen LogP contribution < -0.4 is 0 Å². The van der Waals surface area contributed by atoms with Crippen LogP contribution in [0.1, 0.15) is 25.7 Å². The highest BCUT2D eigenvalue weighted by atomic mass is 32.2. The number of likely N-dealkylation sites (tertiary alicyclic amines) is 1. The molecule has 0 saturated carbocycles. The van der Waals surface area contributed by atoms with Crippen molar-refractivity contribution in [2.24, 2.45) is 0 Å². The lowest BCUT2D eigenvalue weighted by Crippen LogP contribution is -2.41. The highest BCUT2D eigenvalue weighted by Gasteiger charge is 2.25. The zero-order chi connectivity index (χ0) is 17.9. The number of rotatable bonds is 4. The Bertz CT molecular complexity index is 856. The predicted octanol–water partition coefficient (Wildman–Crippen LogP) is 2.86. The quantitative estimate of drug-likeness (QED) is 0.842. The molecule has 1 heterocycles. The van der Waals surface area contributed by atoms with E-state index < -0.39 is 10.0 Å². The molecule has 0 bridgehead atoms. The number of carbonyl (C=O) groups excluding carboxylic acids is 1. The number of sulfonamides is 1. The van der Waals surface area contributed by atoms with Gasteiger partial charge in [-0.25, -0.2) is 8.42 Å². The van der Waals surface area contributed by atoms with E-state index >= 15 is 0 Å². The third-order valence-corrected chi connectivity index (χ3v) is 6.55. The average Bonchev–Trinajstić information content (AvgIpc) is 2.90. The first-order chi connectivity index (χ1) is 12.0. The Hall–Kier alpha value is -1.92. The first-order valence-electron chi connectivity index (χ1n) is 8.71. The van der Waals surface area contributed by atoms with E-state index in [-0.39, 0.29) is 17.3 Å². The molecule has 0 aliphatic carbocycles. The van der Waals surface area contributed by atoms with Crippen molar-refractivity contribution in [1.29, 1.82) is 0 Å². The summed E-state index contributed by atoms with van der Waals surface area (Å²) in [7, 11) is -2.21. The molecule has 134 valence electrons. The van der Waals surface area contributed by atoms with Gasteiger partial charge in [0.05, 0.1) is 11.4 Å². The van der Waals surface area contributed by atoms with Crippen LogP contribution in [0.15, 0.2) is 47.4 Å². The molecular weight excluding hydrogens is 336 g/mol. The van der Waals surface area contributed by atoms with Crippen molar-refractivity contribution in [1.82, 2.24) is 9.21 Å². The molecule has 1 fully saturated rings. The van der Waals surface area contributed by atoms with Gasteiger partial charge in [-0.1, -0.05) is 43.2 Å². The zero-order valence-corrected chi connectivity index (χ0v) is 15.3. The molecule has 1 saturated heterocycles. The van der Waals surface area contributed by atoms with E-state index in [1.54, 1.807) is 23.1 Å². The first kappa shape index (κ1) is 17.9. The van der Waals surface area contributed by atoms with Gasteiger partial charge in [-0.15, -0.1) is 0 Å². The summed E-state index contributed by atoms with van der Waals surface area (Å²) in [6.07, 6.45) is 4.25. The van der Waals surface area contributed by atoms with Crippen LogP contribution in [-0.2, 0) is 14.8 Å². The van der Waals surface area contributed by atoms with E-state index in [0.29, 0.717) is 0 Å². The second kappa shape index (κ2) is 7.54. The predicted molar refractivity (Wildman–Crippen MR) is 98.8 cm³/mol. The van der Waals surface area contributed by atoms with Gasteiger partial charge in [0.25, 0.3) is 0 Å². The van der Waals surface area contributed by atoms with E-state index in [9.17, 15) is 13.2 Å². The van der Waals surface area contributed by atoms with Gasteiger partial charge < -0.3 is 4.90 Å². The van der Waals surface area contributed by atoms with Crippen molar-refractivity contribution in [2.45, 2.75) is 30.6 Å². The summed E-state index contributed by atoms with van der Waals surface area (Å²) in [6.45, 7) is 1.33. The van der Waals surface area contributed by atoms with Gasteiger partial charge in [0, 0.05) is 20.1 Å². The molecule has 1 aliphatic heterocycles. The Morgan fingerprint density at radius 3 is 2.32 bits per heavy atom. The fraction of sp³-hybridized carbons (Fsp3) is 0.421. The van der Waals surface area contributed by atoms with Gasteiger partial charge >= 0.3 is 0 Å². The molecule has 0 N–H and O–H groups in total. The molecule has 0 atom stereocenters. The van der Waals surface area contributed by atoms with Gasteiger partial charge in [-0.3, -0.25) is 4.79 Å². The summed E-state index contributed by atoms with van der Waals surface area (Å²) < 4.78 is 26.8. The van der Waals surface area contributed by atoms with E-state index in [0.717, 1.165) is 53.9 Å². The molecule has 0 radical (unpaired) electrons. The number of fused-ring (bicyclic) bond motifs is 1. The van der Waals surface area contributed by atoms with E-state index in [1.807, 2.05) is 24.3 Å². The number of hydrogen-bond acceptors (Lipinski definition) is 3. The summed E-state index contributed by atoms with van der Waals surface area (Å²) in [6, 6.07) is 12.7. The van der Waals surface area contributed by atoms with Gasteiger partial charge in [0.2, 0.25) is 15.9 Å². The summed E-state index contributed by atoms with van der Waals surface area (Å²) in [5.41, 5.74) is 0. The molecule has 1 amide bonds. The van der Waals surface area contributed by atoms with Gasteiger partial charge in [-0.05, 0) is 35.7 Å². The normalized spacial score (nSPS) is 16.2. The van der Waals surface area contributed by atoms with E-state index in [4.69, 9.17) is 0 Å². The van der Waals surface area contributed by atoms with Crippen LogP contribution in [0.25, 0.3) is 10.8 Å². The molecule has 2 aromatic carbocycles. The molecule has 0 unspecified atom stereocenters. The molecule has 0 spiro atoms. The third kappa shape index (κ3) is 4.02. The summed E-state index contributed by atoms with van der Waals surface area (Å²) in [5, 5.41) is 1.86. The highest BCUT2D eigenvalue weighted by Crippen LogP contribution is 2.21. The smallest absolute Gasteiger partial charge is 0.243 e. The Labute approximate surface area is 149 Å². The molecule has 2 aromatic rings. The van der Waals surface area contributed by atoms with E-state index in [2.05, 4.69) is 0 Å². The average molecular weight is 360 g/mol. The number of amides is 1. The molecular formula is C19H24N2O3S. The van der Waals surface area contributed by atoms with Crippen LogP contribution in [0.2, 0.25) is 0 Å². The number of likely N-dealkylation sites (N-methyl/N-ethyl adjacent to an activating group) is 1. The molecule has 25 heavy (non-hydrogen) atoms. The number of benzene rings is 2. The SMILES string of the molecule is CN(CC(=O)N1CCCCCC1)S(=O)(=O)c1ccc2ccccc2c1. The Morgan fingerprint density at radius 1 is 1.00 bits per heavy atom. The molecule has 3 rings (SSSR count). The molecule has 5 nitrogen and oxygen atoms in total. The minimum atomic E-state index is -3.69. The van der Waals surface area contributed by atoms with Crippen molar-refractivity contribution < 1.29 is 13.2 Å². The van der Waals surface area contributed by atoms with Crippen molar-refractivity contribution in [3.63, 3.8) is 0 Å². The van der Waals surface area contributed by atoms with Gasteiger partial charge in [0.15, 0.2) is 0 Å². The zero-order valence-electron chi connectivity index (χ0n) is 14.5. The number of carbonyl (C=O) groups is 1.